The number of aromatic nitrogens is 1. The normalized spacial score (nSPS) is 22.8. The fraction of sp³-hybridized carbons (Fsp3) is 0.500. The number of pyridine rings is 1. The second-order valence-electron chi connectivity index (χ2n) is 4.35. The van der Waals surface area contributed by atoms with Crippen molar-refractivity contribution in [2.45, 2.75) is 32.6 Å². The molecule has 0 spiro atoms. The molecule has 1 atom stereocenters. The van der Waals surface area contributed by atoms with Gasteiger partial charge in [-0.1, -0.05) is 36.5 Å². The Hall–Kier alpha value is -0.800. The molecular weight excluding hydrogens is 257 g/mol. The molecule has 0 bridgehead atoms. The Bertz CT molecular complexity index is 432. The van der Waals surface area contributed by atoms with E-state index in [2.05, 4.69) is 22.4 Å². The van der Waals surface area contributed by atoms with Crippen molar-refractivity contribution in [3.05, 3.63) is 22.3 Å². The Balaban J connectivity index is 2.08. The molecular formula is C12H15Cl2N3. The molecule has 0 amide bonds. The number of nitrogens with zero attached hydrogens (tertiary/aromatic N) is 2. The van der Waals surface area contributed by atoms with Crippen LogP contribution in [0.15, 0.2) is 17.4 Å². The van der Waals surface area contributed by atoms with E-state index in [1.807, 2.05) is 0 Å². The Morgan fingerprint density at radius 1 is 1.41 bits per heavy atom. The molecule has 1 fully saturated rings. The van der Waals surface area contributed by atoms with Gasteiger partial charge in [0.2, 0.25) is 0 Å². The number of hydrogen-bond acceptors (Lipinski definition) is 3. The fourth-order valence-corrected chi connectivity index (χ4v) is 2.38. The molecule has 1 aliphatic rings. The molecule has 0 aromatic carbocycles. The van der Waals surface area contributed by atoms with Gasteiger partial charge in [0.25, 0.3) is 0 Å². The first kappa shape index (κ1) is 12.7. The van der Waals surface area contributed by atoms with Crippen LogP contribution in [-0.4, -0.2) is 10.7 Å². The maximum absolute atomic E-state index is 6.00. The topological polar surface area (TPSA) is 37.3 Å². The Labute approximate surface area is 111 Å². The van der Waals surface area contributed by atoms with Crippen LogP contribution in [0.5, 0.6) is 0 Å². The van der Waals surface area contributed by atoms with Crippen LogP contribution in [0.3, 0.4) is 0 Å². The molecule has 0 radical (unpaired) electrons. The summed E-state index contributed by atoms with van der Waals surface area (Å²) < 4.78 is 0. The summed E-state index contributed by atoms with van der Waals surface area (Å²) in [5.41, 5.74) is 4.12. The van der Waals surface area contributed by atoms with Crippen molar-refractivity contribution < 1.29 is 0 Å². The zero-order valence-corrected chi connectivity index (χ0v) is 11.2. The summed E-state index contributed by atoms with van der Waals surface area (Å²) in [4.78, 5) is 4.11. The van der Waals surface area contributed by atoms with E-state index < -0.39 is 0 Å². The van der Waals surface area contributed by atoms with Gasteiger partial charge in [-0.15, -0.1) is 0 Å². The lowest BCUT2D eigenvalue weighted by Crippen LogP contribution is -2.17. The zero-order valence-electron chi connectivity index (χ0n) is 9.71. The van der Waals surface area contributed by atoms with Gasteiger partial charge in [0.05, 0.1) is 10.0 Å². The van der Waals surface area contributed by atoms with Crippen LogP contribution in [-0.2, 0) is 0 Å². The van der Waals surface area contributed by atoms with Crippen molar-refractivity contribution in [1.82, 2.24) is 4.98 Å². The van der Waals surface area contributed by atoms with E-state index in [1.54, 1.807) is 12.3 Å². The average molecular weight is 272 g/mol. The van der Waals surface area contributed by atoms with Gasteiger partial charge < -0.3 is 0 Å². The molecule has 0 saturated heterocycles. The lowest BCUT2D eigenvalue weighted by Gasteiger charge is -2.20. The third kappa shape index (κ3) is 3.33. The summed E-state index contributed by atoms with van der Waals surface area (Å²) in [7, 11) is 0. The van der Waals surface area contributed by atoms with Crippen molar-refractivity contribution >= 4 is 34.7 Å². The summed E-state index contributed by atoms with van der Waals surface area (Å²) >= 11 is 11.8. The van der Waals surface area contributed by atoms with Crippen molar-refractivity contribution in [2.75, 3.05) is 5.43 Å². The van der Waals surface area contributed by atoms with Gasteiger partial charge in [-0.2, -0.15) is 5.10 Å². The van der Waals surface area contributed by atoms with Gasteiger partial charge in [0, 0.05) is 11.9 Å². The van der Waals surface area contributed by atoms with E-state index in [9.17, 15) is 0 Å². The number of anilines is 1. The van der Waals surface area contributed by atoms with E-state index in [-0.39, 0.29) is 0 Å². The molecule has 1 saturated carbocycles. The number of rotatable bonds is 2. The second-order valence-corrected chi connectivity index (χ2v) is 5.19. The Morgan fingerprint density at radius 3 is 2.94 bits per heavy atom. The minimum absolute atomic E-state index is 0.491. The average Bonchev–Trinajstić information content (AvgIpc) is 2.30. The van der Waals surface area contributed by atoms with Gasteiger partial charge in [-0.05, 0) is 31.2 Å². The van der Waals surface area contributed by atoms with Gasteiger partial charge in [-0.3, -0.25) is 5.43 Å². The predicted molar refractivity (Wildman–Crippen MR) is 72.9 cm³/mol. The van der Waals surface area contributed by atoms with Gasteiger partial charge in [0.15, 0.2) is 5.82 Å². The first-order chi connectivity index (χ1) is 8.16. The van der Waals surface area contributed by atoms with E-state index >= 15 is 0 Å². The van der Waals surface area contributed by atoms with E-state index in [4.69, 9.17) is 23.2 Å². The number of halogens is 2. The summed E-state index contributed by atoms with van der Waals surface area (Å²) in [6.45, 7) is 2.20. The molecule has 1 aliphatic carbocycles. The third-order valence-corrected chi connectivity index (χ3v) is 3.50. The van der Waals surface area contributed by atoms with Crippen LogP contribution in [0, 0.1) is 5.92 Å². The SMILES string of the molecule is C[C@@H]1CCCC/C1=N/Nc1ncc(Cl)cc1Cl. The van der Waals surface area contributed by atoms with E-state index in [1.165, 1.54) is 25.0 Å². The largest absolute Gasteiger partial charge is 0.260 e. The molecule has 0 unspecified atom stereocenters. The van der Waals surface area contributed by atoms with Crippen LogP contribution in [0.4, 0.5) is 5.82 Å². The molecule has 3 nitrogen and oxygen atoms in total. The second kappa shape index (κ2) is 5.69. The molecule has 1 aromatic rings. The van der Waals surface area contributed by atoms with Gasteiger partial charge in [0.1, 0.15) is 0 Å². The molecule has 5 heteroatoms. The monoisotopic (exact) mass is 271 g/mol. The highest BCUT2D eigenvalue weighted by atomic mass is 35.5. The van der Waals surface area contributed by atoms with Gasteiger partial charge >= 0.3 is 0 Å². The van der Waals surface area contributed by atoms with Gasteiger partial charge in [-0.25, -0.2) is 4.98 Å². The standard InChI is InChI=1S/C12H15Cl2N3/c1-8-4-2-3-5-11(8)16-17-12-10(14)6-9(13)7-15-12/h6-8H,2-5H2,1H3,(H,15,17)/b16-11-/t8-/m1/s1. The summed E-state index contributed by atoms with van der Waals surface area (Å²) in [5.74, 6) is 1.10. The highest BCUT2D eigenvalue weighted by Gasteiger charge is 2.15. The van der Waals surface area contributed by atoms with Crippen LogP contribution < -0.4 is 5.43 Å². The molecule has 2 rings (SSSR count). The molecule has 92 valence electrons. The van der Waals surface area contributed by atoms with Crippen LogP contribution >= 0.6 is 23.2 Å². The minimum atomic E-state index is 0.491. The maximum atomic E-state index is 6.00. The predicted octanol–water partition coefficient (Wildman–Crippen LogP) is 4.37. The fourth-order valence-electron chi connectivity index (χ4n) is 1.96. The molecule has 17 heavy (non-hydrogen) atoms. The van der Waals surface area contributed by atoms with Crippen LogP contribution in [0.25, 0.3) is 0 Å². The lowest BCUT2D eigenvalue weighted by atomic mass is 9.89. The van der Waals surface area contributed by atoms with Crippen molar-refractivity contribution in [3.8, 4) is 0 Å². The molecule has 1 aromatic heterocycles. The summed E-state index contributed by atoms with van der Waals surface area (Å²) in [6, 6.07) is 1.66. The molecule has 1 heterocycles. The van der Waals surface area contributed by atoms with Crippen molar-refractivity contribution in [2.24, 2.45) is 11.0 Å². The smallest absolute Gasteiger partial charge is 0.165 e. The summed E-state index contributed by atoms with van der Waals surface area (Å²) in [5, 5.41) is 5.42. The summed E-state index contributed by atoms with van der Waals surface area (Å²) in [6.07, 6.45) is 6.33. The quantitative estimate of drug-likeness (QED) is 0.812. The number of nitrogens with one attached hydrogen (secondary N) is 1. The van der Waals surface area contributed by atoms with Crippen molar-refractivity contribution in [3.63, 3.8) is 0 Å². The first-order valence-corrected chi connectivity index (χ1v) is 6.56. The highest BCUT2D eigenvalue weighted by Crippen LogP contribution is 2.24. The molecule has 1 N–H and O–H groups in total. The highest BCUT2D eigenvalue weighted by molar-refractivity contribution is 6.35. The van der Waals surface area contributed by atoms with E-state index in [0.717, 1.165) is 6.42 Å². The number of hydrogen-bond donors (Lipinski definition) is 1. The first-order valence-electron chi connectivity index (χ1n) is 5.80. The minimum Gasteiger partial charge on any atom is -0.260 e. The van der Waals surface area contributed by atoms with Crippen LogP contribution in [0.2, 0.25) is 10.0 Å². The lowest BCUT2D eigenvalue weighted by molar-refractivity contribution is 0.558. The van der Waals surface area contributed by atoms with E-state index in [0.29, 0.717) is 21.8 Å². The zero-order chi connectivity index (χ0) is 12.3. The van der Waals surface area contributed by atoms with Crippen molar-refractivity contribution in [1.29, 1.82) is 0 Å². The Kier molecular flexibility index (Phi) is 4.24. The Morgan fingerprint density at radius 2 is 2.24 bits per heavy atom. The van der Waals surface area contributed by atoms with Crippen LogP contribution in [0.1, 0.15) is 32.6 Å². The molecule has 0 aliphatic heterocycles. The maximum Gasteiger partial charge on any atom is 0.165 e. The third-order valence-electron chi connectivity index (χ3n) is 3.00. The number of hydrazone groups is 1.